The number of hydrogen-bond acceptors (Lipinski definition) is 3. The molecule has 4 atom stereocenters. The molecule has 0 radical (unpaired) electrons. The molecule has 2 aliphatic rings. The van der Waals surface area contributed by atoms with Gasteiger partial charge in [0.05, 0.1) is 12.2 Å². The number of nitrogens with zero attached hydrogens (tertiary/aromatic N) is 1. The zero-order chi connectivity index (χ0) is 16.5. The van der Waals surface area contributed by atoms with E-state index in [9.17, 15) is 4.79 Å². The van der Waals surface area contributed by atoms with E-state index in [2.05, 4.69) is 12.1 Å². The summed E-state index contributed by atoms with van der Waals surface area (Å²) < 4.78 is 5.62. The van der Waals surface area contributed by atoms with Crippen molar-refractivity contribution in [2.24, 2.45) is 17.6 Å². The topological polar surface area (TPSA) is 59.5 Å². The molecule has 4 rings (SSSR count). The maximum atomic E-state index is 12.9. The van der Waals surface area contributed by atoms with Gasteiger partial charge in [-0.2, -0.15) is 0 Å². The minimum atomic E-state index is -0.0260. The molecule has 2 bridgehead atoms. The van der Waals surface area contributed by atoms with E-state index in [1.165, 1.54) is 0 Å². The summed E-state index contributed by atoms with van der Waals surface area (Å²) in [4.78, 5) is 15.0. The fourth-order valence-corrected chi connectivity index (χ4v) is 4.33. The Balaban J connectivity index is 1.52. The van der Waals surface area contributed by atoms with Crippen LogP contribution in [0.1, 0.15) is 36.5 Å². The number of amides is 1. The highest BCUT2D eigenvalue weighted by atomic mass is 16.3. The Morgan fingerprint density at radius 2 is 1.83 bits per heavy atom. The first-order chi connectivity index (χ1) is 11.7. The first-order valence-corrected chi connectivity index (χ1v) is 8.84. The van der Waals surface area contributed by atoms with Gasteiger partial charge in [-0.05, 0) is 42.4 Å². The normalized spacial score (nSPS) is 27.2. The Hall–Kier alpha value is -2.07. The number of rotatable bonds is 4. The van der Waals surface area contributed by atoms with Crippen LogP contribution in [-0.4, -0.2) is 29.9 Å². The molecule has 2 fully saturated rings. The van der Waals surface area contributed by atoms with Crippen LogP contribution in [0.4, 0.5) is 0 Å². The zero-order valence-electron chi connectivity index (χ0n) is 13.8. The lowest BCUT2D eigenvalue weighted by Gasteiger charge is -2.36. The van der Waals surface area contributed by atoms with Crippen LogP contribution in [0.2, 0.25) is 0 Å². The monoisotopic (exact) mass is 324 g/mol. The second-order valence-corrected chi connectivity index (χ2v) is 7.16. The van der Waals surface area contributed by atoms with Gasteiger partial charge in [0.15, 0.2) is 0 Å². The van der Waals surface area contributed by atoms with E-state index >= 15 is 0 Å². The van der Waals surface area contributed by atoms with E-state index in [4.69, 9.17) is 10.2 Å². The molecular weight excluding hydrogens is 300 g/mol. The minimum Gasteiger partial charge on any atom is -0.469 e. The molecule has 2 unspecified atom stereocenters. The van der Waals surface area contributed by atoms with Crippen molar-refractivity contribution in [3.8, 4) is 0 Å². The van der Waals surface area contributed by atoms with Gasteiger partial charge in [0, 0.05) is 25.6 Å². The Labute approximate surface area is 142 Å². The van der Waals surface area contributed by atoms with E-state index < -0.39 is 0 Å². The van der Waals surface area contributed by atoms with E-state index in [1.54, 1.807) is 6.26 Å². The number of piperidine rings is 1. The highest BCUT2D eigenvalue weighted by molar-refractivity contribution is 5.78. The van der Waals surface area contributed by atoms with E-state index in [1.807, 2.05) is 35.2 Å². The number of likely N-dealkylation sites (tertiary alicyclic amines) is 1. The van der Waals surface area contributed by atoms with Crippen molar-refractivity contribution in [3.63, 3.8) is 0 Å². The molecule has 1 aromatic carbocycles. The molecule has 1 aliphatic heterocycles. The number of fused-ring (bicyclic) bond motifs is 2. The summed E-state index contributed by atoms with van der Waals surface area (Å²) in [6.07, 6.45) is 4.45. The zero-order valence-corrected chi connectivity index (χ0v) is 13.8. The maximum absolute atomic E-state index is 12.9. The summed E-state index contributed by atoms with van der Waals surface area (Å²) in [5, 5.41) is 0. The summed E-state index contributed by atoms with van der Waals surface area (Å²) in [6, 6.07) is 14.3. The molecule has 2 heterocycles. The molecule has 0 spiro atoms. The van der Waals surface area contributed by atoms with Crippen molar-refractivity contribution >= 4 is 5.91 Å². The predicted octanol–water partition coefficient (Wildman–Crippen LogP) is 3.00. The lowest BCUT2D eigenvalue weighted by molar-refractivity contribution is -0.133. The summed E-state index contributed by atoms with van der Waals surface area (Å²) in [5.41, 5.74) is 7.39. The molecule has 2 aromatic rings. The van der Waals surface area contributed by atoms with Crippen molar-refractivity contribution in [2.45, 2.75) is 31.2 Å². The van der Waals surface area contributed by atoms with Gasteiger partial charge >= 0.3 is 0 Å². The van der Waals surface area contributed by atoms with E-state index in [0.717, 1.165) is 37.3 Å². The number of carbonyl (C=O) groups excluding carboxylic acids is 1. The van der Waals surface area contributed by atoms with E-state index in [-0.39, 0.29) is 17.9 Å². The van der Waals surface area contributed by atoms with Crippen molar-refractivity contribution in [2.75, 3.05) is 13.1 Å². The molecule has 1 amide bonds. The van der Waals surface area contributed by atoms with Gasteiger partial charge in [-0.1, -0.05) is 30.3 Å². The SMILES string of the molecule is NC1[C@@H]2CC[C@H]1CN(C(=O)CC(c1ccccc1)c1ccco1)C2. The van der Waals surface area contributed by atoms with Crippen LogP contribution >= 0.6 is 0 Å². The Bertz CT molecular complexity index is 669. The van der Waals surface area contributed by atoms with Gasteiger partial charge < -0.3 is 15.1 Å². The lowest BCUT2D eigenvalue weighted by atomic mass is 9.90. The van der Waals surface area contributed by atoms with Gasteiger partial charge in [0.2, 0.25) is 5.91 Å². The van der Waals surface area contributed by atoms with Gasteiger partial charge in [-0.25, -0.2) is 0 Å². The fourth-order valence-electron chi connectivity index (χ4n) is 4.33. The highest BCUT2D eigenvalue weighted by Gasteiger charge is 2.41. The maximum Gasteiger partial charge on any atom is 0.223 e. The van der Waals surface area contributed by atoms with Crippen LogP contribution in [-0.2, 0) is 4.79 Å². The largest absolute Gasteiger partial charge is 0.469 e. The van der Waals surface area contributed by atoms with Crippen LogP contribution in [0.15, 0.2) is 53.1 Å². The van der Waals surface area contributed by atoms with Crippen molar-refractivity contribution in [3.05, 3.63) is 60.1 Å². The van der Waals surface area contributed by atoms with Crippen molar-refractivity contribution in [1.82, 2.24) is 4.90 Å². The Kier molecular flexibility index (Phi) is 4.15. The van der Waals surface area contributed by atoms with Crippen molar-refractivity contribution < 1.29 is 9.21 Å². The molecule has 1 saturated heterocycles. The first kappa shape index (κ1) is 15.5. The number of hydrogen-bond donors (Lipinski definition) is 1. The van der Waals surface area contributed by atoms with Gasteiger partial charge in [0.1, 0.15) is 5.76 Å². The molecule has 24 heavy (non-hydrogen) atoms. The number of carbonyl (C=O) groups is 1. The average molecular weight is 324 g/mol. The standard InChI is InChI=1S/C20H24N2O2/c21-20-15-8-9-16(20)13-22(12-15)19(23)11-17(18-7-4-10-24-18)14-5-2-1-3-6-14/h1-7,10,15-17,20H,8-9,11-13,21H2/t15-,16+,17?,20?. The third-order valence-electron chi connectivity index (χ3n) is 5.73. The number of furan rings is 1. The summed E-state index contributed by atoms with van der Waals surface area (Å²) >= 11 is 0. The molecule has 4 nitrogen and oxygen atoms in total. The van der Waals surface area contributed by atoms with E-state index in [0.29, 0.717) is 18.3 Å². The molecule has 1 aromatic heterocycles. The quantitative estimate of drug-likeness (QED) is 0.940. The lowest BCUT2D eigenvalue weighted by Crippen LogP contribution is -2.50. The van der Waals surface area contributed by atoms with Crippen molar-refractivity contribution in [1.29, 1.82) is 0 Å². The first-order valence-electron chi connectivity index (χ1n) is 8.84. The summed E-state index contributed by atoms with van der Waals surface area (Å²) in [5.74, 6) is 2.00. The fraction of sp³-hybridized carbons (Fsp3) is 0.450. The Morgan fingerprint density at radius 3 is 2.46 bits per heavy atom. The molecule has 4 heteroatoms. The van der Waals surface area contributed by atoms with Gasteiger partial charge in [0.25, 0.3) is 0 Å². The molecule has 126 valence electrons. The van der Waals surface area contributed by atoms with Crippen LogP contribution < -0.4 is 5.73 Å². The number of benzene rings is 1. The second-order valence-electron chi connectivity index (χ2n) is 7.16. The van der Waals surface area contributed by atoms with Gasteiger partial charge in [-0.3, -0.25) is 4.79 Å². The molecule has 1 saturated carbocycles. The van der Waals surface area contributed by atoms with Crippen LogP contribution in [0.5, 0.6) is 0 Å². The summed E-state index contributed by atoms with van der Waals surface area (Å²) in [7, 11) is 0. The predicted molar refractivity (Wildman–Crippen MR) is 92.4 cm³/mol. The molecule has 1 aliphatic carbocycles. The second kappa shape index (κ2) is 6.44. The average Bonchev–Trinajstić information content (AvgIpc) is 3.19. The highest BCUT2D eigenvalue weighted by Crippen LogP contribution is 2.37. The third kappa shape index (κ3) is 2.86. The molecular formula is C20H24N2O2. The Morgan fingerprint density at radius 1 is 1.12 bits per heavy atom. The number of nitrogens with two attached hydrogens (primary N) is 1. The van der Waals surface area contributed by atoms with Crippen LogP contribution in [0.25, 0.3) is 0 Å². The van der Waals surface area contributed by atoms with Crippen LogP contribution in [0, 0.1) is 11.8 Å². The minimum absolute atomic E-state index is 0.0260. The van der Waals surface area contributed by atoms with Gasteiger partial charge in [-0.15, -0.1) is 0 Å². The smallest absolute Gasteiger partial charge is 0.223 e. The summed E-state index contributed by atoms with van der Waals surface area (Å²) in [6.45, 7) is 1.63. The van der Waals surface area contributed by atoms with Crippen LogP contribution in [0.3, 0.4) is 0 Å². The molecule has 2 N–H and O–H groups in total. The third-order valence-corrected chi connectivity index (χ3v) is 5.73.